The SMILES string of the molecule is CCCCCn1cc(-c2cc(N)cc(F)c2)cn1. The number of unbranched alkanes of at least 4 members (excludes halogenated alkanes) is 2. The van der Waals surface area contributed by atoms with E-state index in [1.807, 2.05) is 10.9 Å². The van der Waals surface area contributed by atoms with Crippen LogP contribution in [-0.4, -0.2) is 9.78 Å². The number of benzene rings is 1. The quantitative estimate of drug-likeness (QED) is 0.649. The van der Waals surface area contributed by atoms with Crippen molar-refractivity contribution in [1.82, 2.24) is 9.78 Å². The summed E-state index contributed by atoms with van der Waals surface area (Å²) in [7, 11) is 0. The first-order valence-corrected chi connectivity index (χ1v) is 6.28. The number of nitrogens with zero attached hydrogens (tertiary/aromatic N) is 2. The summed E-state index contributed by atoms with van der Waals surface area (Å²) in [5.41, 5.74) is 7.74. The molecule has 0 unspecified atom stereocenters. The maximum Gasteiger partial charge on any atom is 0.125 e. The van der Waals surface area contributed by atoms with Gasteiger partial charge in [0.1, 0.15) is 5.82 Å². The van der Waals surface area contributed by atoms with Crippen molar-refractivity contribution in [2.75, 3.05) is 5.73 Å². The number of halogens is 1. The van der Waals surface area contributed by atoms with Crippen molar-refractivity contribution < 1.29 is 4.39 Å². The van der Waals surface area contributed by atoms with E-state index in [-0.39, 0.29) is 5.82 Å². The van der Waals surface area contributed by atoms with Gasteiger partial charge in [0.2, 0.25) is 0 Å². The van der Waals surface area contributed by atoms with Crippen LogP contribution in [0.4, 0.5) is 10.1 Å². The van der Waals surface area contributed by atoms with Gasteiger partial charge in [-0.15, -0.1) is 0 Å². The van der Waals surface area contributed by atoms with Crippen LogP contribution in [0.15, 0.2) is 30.6 Å². The fourth-order valence-electron chi connectivity index (χ4n) is 1.94. The van der Waals surface area contributed by atoms with Crippen LogP contribution >= 0.6 is 0 Å². The molecule has 18 heavy (non-hydrogen) atoms. The number of aryl methyl sites for hydroxylation is 1. The Hall–Kier alpha value is -1.84. The first-order valence-electron chi connectivity index (χ1n) is 6.28. The second kappa shape index (κ2) is 5.67. The molecule has 2 aromatic rings. The van der Waals surface area contributed by atoms with Crippen LogP contribution in [-0.2, 0) is 6.54 Å². The van der Waals surface area contributed by atoms with Gasteiger partial charge in [-0.1, -0.05) is 19.8 Å². The Morgan fingerprint density at radius 1 is 1.22 bits per heavy atom. The van der Waals surface area contributed by atoms with E-state index in [9.17, 15) is 4.39 Å². The molecule has 0 saturated carbocycles. The third kappa shape index (κ3) is 3.09. The van der Waals surface area contributed by atoms with E-state index in [0.717, 1.165) is 24.1 Å². The lowest BCUT2D eigenvalue weighted by Gasteiger charge is -2.01. The highest BCUT2D eigenvalue weighted by Gasteiger charge is 2.04. The molecule has 0 aliphatic rings. The van der Waals surface area contributed by atoms with E-state index in [0.29, 0.717) is 5.69 Å². The normalized spacial score (nSPS) is 10.8. The van der Waals surface area contributed by atoms with Gasteiger partial charge in [0.25, 0.3) is 0 Å². The number of nitrogen functional groups attached to an aromatic ring is 1. The Bertz CT molecular complexity index is 499. The standard InChI is InChI=1S/C14H18FN3/c1-2-3-4-5-18-10-12(9-17-18)11-6-13(15)8-14(16)7-11/h6-10H,2-5,16H2,1H3. The lowest BCUT2D eigenvalue weighted by Crippen LogP contribution is -1.97. The highest BCUT2D eigenvalue weighted by molar-refractivity contribution is 5.66. The Balaban J connectivity index is 2.13. The minimum absolute atomic E-state index is 0.316. The second-order valence-electron chi connectivity index (χ2n) is 4.47. The predicted molar refractivity (Wildman–Crippen MR) is 71.6 cm³/mol. The topological polar surface area (TPSA) is 43.8 Å². The van der Waals surface area contributed by atoms with Gasteiger partial charge in [-0.25, -0.2) is 4.39 Å². The molecule has 0 aliphatic carbocycles. The van der Waals surface area contributed by atoms with Crippen LogP contribution in [0.2, 0.25) is 0 Å². The average Bonchev–Trinajstić information content (AvgIpc) is 2.77. The Morgan fingerprint density at radius 2 is 2.06 bits per heavy atom. The summed E-state index contributed by atoms with van der Waals surface area (Å²) >= 11 is 0. The van der Waals surface area contributed by atoms with Crippen molar-refractivity contribution in [2.45, 2.75) is 32.7 Å². The molecule has 96 valence electrons. The Morgan fingerprint density at radius 3 is 2.78 bits per heavy atom. The first kappa shape index (κ1) is 12.6. The van der Waals surface area contributed by atoms with Crippen molar-refractivity contribution in [3.63, 3.8) is 0 Å². The smallest absolute Gasteiger partial charge is 0.125 e. The van der Waals surface area contributed by atoms with Gasteiger partial charge in [0.05, 0.1) is 6.20 Å². The van der Waals surface area contributed by atoms with Crippen molar-refractivity contribution in [2.24, 2.45) is 0 Å². The van der Waals surface area contributed by atoms with E-state index < -0.39 is 0 Å². The second-order valence-corrected chi connectivity index (χ2v) is 4.47. The van der Waals surface area contributed by atoms with Crippen LogP contribution < -0.4 is 5.73 Å². The van der Waals surface area contributed by atoms with Crippen molar-refractivity contribution in [1.29, 1.82) is 0 Å². The summed E-state index contributed by atoms with van der Waals surface area (Å²) in [5.74, 6) is -0.316. The van der Waals surface area contributed by atoms with Gasteiger partial charge >= 0.3 is 0 Å². The largest absolute Gasteiger partial charge is 0.399 e. The minimum Gasteiger partial charge on any atom is -0.399 e. The number of hydrogen-bond acceptors (Lipinski definition) is 2. The van der Waals surface area contributed by atoms with E-state index in [2.05, 4.69) is 12.0 Å². The van der Waals surface area contributed by atoms with E-state index in [1.165, 1.54) is 25.0 Å². The summed E-state index contributed by atoms with van der Waals surface area (Å²) in [4.78, 5) is 0. The Kier molecular flexibility index (Phi) is 3.97. The molecule has 0 bridgehead atoms. The summed E-state index contributed by atoms with van der Waals surface area (Å²) in [5, 5.41) is 4.28. The Labute approximate surface area is 106 Å². The minimum atomic E-state index is -0.316. The monoisotopic (exact) mass is 247 g/mol. The molecular formula is C14H18FN3. The fraction of sp³-hybridized carbons (Fsp3) is 0.357. The average molecular weight is 247 g/mol. The summed E-state index contributed by atoms with van der Waals surface area (Å²) < 4.78 is 15.2. The number of aromatic nitrogens is 2. The highest BCUT2D eigenvalue weighted by Crippen LogP contribution is 2.22. The van der Waals surface area contributed by atoms with Gasteiger partial charge in [-0.05, 0) is 30.2 Å². The molecule has 1 aromatic heterocycles. The number of nitrogens with two attached hydrogens (primary N) is 1. The molecule has 1 heterocycles. The molecule has 0 atom stereocenters. The number of anilines is 1. The number of hydrogen-bond donors (Lipinski definition) is 1. The zero-order valence-corrected chi connectivity index (χ0v) is 10.6. The third-order valence-corrected chi connectivity index (χ3v) is 2.88. The van der Waals surface area contributed by atoms with Crippen molar-refractivity contribution in [3.8, 4) is 11.1 Å². The molecule has 3 nitrogen and oxygen atoms in total. The van der Waals surface area contributed by atoms with Crippen molar-refractivity contribution >= 4 is 5.69 Å². The molecule has 0 amide bonds. The number of rotatable bonds is 5. The molecule has 2 N–H and O–H groups in total. The van der Waals surface area contributed by atoms with Gasteiger partial charge in [0.15, 0.2) is 0 Å². The maximum atomic E-state index is 13.3. The summed E-state index contributed by atoms with van der Waals surface area (Å²) in [6.07, 6.45) is 7.18. The van der Waals surface area contributed by atoms with Crippen molar-refractivity contribution in [3.05, 3.63) is 36.4 Å². The van der Waals surface area contributed by atoms with Crippen LogP contribution in [0.5, 0.6) is 0 Å². The molecular weight excluding hydrogens is 229 g/mol. The lowest BCUT2D eigenvalue weighted by molar-refractivity contribution is 0.553. The van der Waals surface area contributed by atoms with Crippen LogP contribution in [0.1, 0.15) is 26.2 Å². The lowest BCUT2D eigenvalue weighted by atomic mass is 10.1. The van der Waals surface area contributed by atoms with Gasteiger partial charge in [0, 0.05) is 24.0 Å². The summed E-state index contributed by atoms with van der Waals surface area (Å²) in [6, 6.07) is 4.55. The fourth-order valence-corrected chi connectivity index (χ4v) is 1.94. The van der Waals surface area contributed by atoms with E-state index in [1.54, 1.807) is 12.3 Å². The van der Waals surface area contributed by atoms with Gasteiger partial charge in [-0.3, -0.25) is 4.68 Å². The predicted octanol–water partition coefficient (Wildman–Crippen LogP) is 3.46. The van der Waals surface area contributed by atoms with Gasteiger partial charge < -0.3 is 5.73 Å². The highest BCUT2D eigenvalue weighted by atomic mass is 19.1. The van der Waals surface area contributed by atoms with Gasteiger partial charge in [-0.2, -0.15) is 5.10 Å². The molecule has 0 saturated heterocycles. The molecule has 0 fully saturated rings. The third-order valence-electron chi connectivity index (χ3n) is 2.88. The van der Waals surface area contributed by atoms with Crippen LogP contribution in [0.3, 0.4) is 0 Å². The van der Waals surface area contributed by atoms with Crippen LogP contribution in [0.25, 0.3) is 11.1 Å². The van der Waals surface area contributed by atoms with Crippen LogP contribution in [0, 0.1) is 5.82 Å². The molecule has 0 spiro atoms. The molecule has 1 aromatic carbocycles. The molecule has 4 heteroatoms. The summed E-state index contributed by atoms with van der Waals surface area (Å²) in [6.45, 7) is 3.07. The maximum absolute atomic E-state index is 13.3. The molecule has 0 radical (unpaired) electrons. The molecule has 0 aliphatic heterocycles. The van der Waals surface area contributed by atoms with E-state index in [4.69, 9.17) is 5.73 Å². The molecule has 2 rings (SSSR count). The first-order chi connectivity index (χ1) is 8.69. The zero-order valence-electron chi connectivity index (χ0n) is 10.6. The van der Waals surface area contributed by atoms with E-state index >= 15 is 0 Å². The zero-order chi connectivity index (χ0) is 13.0.